The first-order valence-electron chi connectivity index (χ1n) is 5.06. The molecule has 4 nitrogen and oxygen atoms in total. The smallest absolute Gasteiger partial charge is 0.338 e. The Hall–Kier alpha value is -1.40. The van der Waals surface area contributed by atoms with Gasteiger partial charge in [-0.2, -0.15) is 0 Å². The van der Waals surface area contributed by atoms with Crippen molar-refractivity contribution in [3.63, 3.8) is 0 Å². The summed E-state index contributed by atoms with van der Waals surface area (Å²) in [5, 5.41) is 10.3. The van der Waals surface area contributed by atoms with Gasteiger partial charge in [0.25, 0.3) is 0 Å². The molecule has 0 bridgehead atoms. The molecule has 0 aliphatic carbocycles. The van der Waals surface area contributed by atoms with Crippen LogP contribution in [0.15, 0.2) is 45.1 Å². The van der Waals surface area contributed by atoms with Crippen molar-refractivity contribution in [3.8, 4) is 0 Å². The molecule has 0 saturated carbocycles. The Morgan fingerprint density at radius 1 is 1.39 bits per heavy atom. The summed E-state index contributed by atoms with van der Waals surface area (Å²) in [5.74, 6) is -0.986. The van der Waals surface area contributed by atoms with Crippen molar-refractivity contribution in [2.75, 3.05) is 0 Å². The van der Waals surface area contributed by atoms with E-state index in [1.165, 1.54) is 17.8 Å². The van der Waals surface area contributed by atoms with Gasteiger partial charge < -0.3 is 5.11 Å². The fourth-order valence-electron chi connectivity index (χ4n) is 1.36. The molecule has 0 amide bonds. The molecule has 1 N–H and O–H groups in total. The van der Waals surface area contributed by atoms with Crippen LogP contribution in [-0.4, -0.2) is 21.0 Å². The predicted octanol–water partition coefficient (Wildman–Crippen LogP) is 3.40. The molecule has 0 saturated heterocycles. The third-order valence-electron chi connectivity index (χ3n) is 2.19. The molecule has 2 aromatic heterocycles. The summed E-state index contributed by atoms with van der Waals surface area (Å²) in [4.78, 5) is 19.4. The van der Waals surface area contributed by atoms with Crippen molar-refractivity contribution in [2.24, 2.45) is 0 Å². The van der Waals surface area contributed by atoms with Gasteiger partial charge in [0.05, 0.1) is 5.56 Å². The zero-order valence-corrected chi connectivity index (χ0v) is 11.8. The van der Waals surface area contributed by atoms with E-state index in [1.54, 1.807) is 18.5 Å². The van der Waals surface area contributed by atoms with Gasteiger partial charge >= 0.3 is 5.97 Å². The Kier molecular flexibility index (Phi) is 3.98. The van der Waals surface area contributed by atoms with Gasteiger partial charge in [-0.1, -0.05) is 0 Å². The maximum atomic E-state index is 11.1. The molecule has 0 radical (unpaired) electrons. The van der Waals surface area contributed by atoms with E-state index >= 15 is 0 Å². The standard InChI is InChI=1S/C12H9BrN2O2S/c1-7-5-8(13)6-15-10(7)18-11-9(12(16)17)3-2-4-14-11/h2-6H,1H3,(H,16,17). The Morgan fingerprint density at radius 2 is 2.17 bits per heavy atom. The van der Waals surface area contributed by atoms with Crippen molar-refractivity contribution >= 4 is 33.7 Å². The van der Waals surface area contributed by atoms with Crippen LogP contribution in [0.5, 0.6) is 0 Å². The highest BCUT2D eigenvalue weighted by Crippen LogP contribution is 2.30. The molecule has 0 spiro atoms. The van der Waals surface area contributed by atoms with E-state index < -0.39 is 5.97 Å². The summed E-state index contributed by atoms with van der Waals surface area (Å²) in [5.41, 5.74) is 1.16. The van der Waals surface area contributed by atoms with Gasteiger partial charge in [0.15, 0.2) is 0 Å². The summed E-state index contributed by atoms with van der Waals surface area (Å²) in [6.45, 7) is 1.92. The Morgan fingerprint density at radius 3 is 2.83 bits per heavy atom. The fourth-order valence-corrected chi connectivity index (χ4v) is 2.69. The average molecular weight is 325 g/mol. The van der Waals surface area contributed by atoms with Crippen molar-refractivity contribution in [1.82, 2.24) is 9.97 Å². The normalized spacial score (nSPS) is 10.3. The SMILES string of the molecule is Cc1cc(Br)cnc1Sc1ncccc1C(=O)O. The van der Waals surface area contributed by atoms with E-state index in [4.69, 9.17) is 5.11 Å². The van der Waals surface area contributed by atoms with Gasteiger partial charge in [0.2, 0.25) is 0 Å². The van der Waals surface area contributed by atoms with Crippen LogP contribution in [0.25, 0.3) is 0 Å². The number of carboxylic acids is 1. The third kappa shape index (κ3) is 2.88. The summed E-state index contributed by atoms with van der Waals surface area (Å²) in [6.07, 6.45) is 3.25. The van der Waals surface area contributed by atoms with Gasteiger partial charge in [-0.25, -0.2) is 14.8 Å². The van der Waals surface area contributed by atoms with E-state index in [-0.39, 0.29) is 5.56 Å². The minimum atomic E-state index is -0.986. The fraction of sp³-hybridized carbons (Fsp3) is 0.0833. The quantitative estimate of drug-likeness (QED) is 0.937. The van der Waals surface area contributed by atoms with Gasteiger partial charge in [-0.05, 0) is 58.4 Å². The largest absolute Gasteiger partial charge is 0.478 e. The first-order chi connectivity index (χ1) is 8.58. The maximum absolute atomic E-state index is 11.1. The molecule has 18 heavy (non-hydrogen) atoms. The molecule has 0 aliphatic heterocycles. The van der Waals surface area contributed by atoms with Crippen LogP contribution < -0.4 is 0 Å². The van der Waals surface area contributed by atoms with E-state index in [0.717, 1.165) is 15.1 Å². The van der Waals surface area contributed by atoms with Crippen molar-refractivity contribution < 1.29 is 9.90 Å². The van der Waals surface area contributed by atoms with E-state index in [9.17, 15) is 4.79 Å². The summed E-state index contributed by atoms with van der Waals surface area (Å²) < 4.78 is 0.892. The van der Waals surface area contributed by atoms with E-state index in [1.807, 2.05) is 13.0 Å². The number of rotatable bonds is 3. The van der Waals surface area contributed by atoms with Crippen LogP contribution >= 0.6 is 27.7 Å². The molecule has 92 valence electrons. The molecular weight excluding hydrogens is 316 g/mol. The predicted molar refractivity (Wildman–Crippen MR) is 72.0 cm³/mol. The van der Waals surface area contributed by atoms with Gasteiger partial charge in [-0.15, -0.1) is 0 Å². The second-order valence-corrected chi connectivity index (χ2v) is 5.43. The molecule has 0 unspecified atom stereocenters. The topological polar surface area (TPSA) is 63.1 Å². The molecule has 2 rings (SSSR count). The van der Waals surface area contributed by atoms with Crippen molar-refractivity contribution in [2.45, 2.75) is 17.0 Å². The van der Waals surface area contributed by atoms with Gasteiger partial charge in [0.1, 0.15) is 10.1 Å². The second-order valence-electron chi connectivity index (χ2n) is 3.54. The number of hydrogen-bond donors (Lipinski definition) is 1. The number of pyridine rings is 2. The van der Waals surface area contributed by atoms with Crippen LogP contribution in [0.2, 0.25) is 0 Å². The zero-order chi connectivity index (χ0) is 13.1. The molecule has 0 fully saturated rings. The number of halogens is 1. The maximum Gasteiger partial charge on any atom is 0.338 e. The number of hydrogen-bond acceptors (Lipinski definition) is 4. The highest BCUT2D eigenvalue weighted by atomic mass is 79.9. The lowest BCUT2D eigenvalue weighted by Crippen LogP contribution is -2.00. The lowest BCUT2D eigenvalue weighted by molar-refractivity contribution is 0.0692. The molecule has 2 aromatic rings. The van der Waals surface area contributed by atoms with Crippen LogP contribution in [0, 0.1) is 6.92 Å². The van der Waals surface area contributed by atoms with Crippen LogP contribution in [0.3, 0.4) is 0 Å². The number of nitrogens with zero attached hydrogens (tertiary/aromatic N) is 2. The zero-order valence-electron chi connectivity index (χ0n) is 9.42. The van der Waals surface area contributed by atoms with Crippen LogP contribution in [-0.2, 0) is 0 Å². The highest BCUT2D eigenvalue weighted by Gasteiger charge is 2.13. The van der Waals surface area contributed by atoms with Gasteiger partial charge in [0, 0.05) is 16.9 Å². The number of carbonyl (C=O) groups is 1. The van der Waals surface area contributed by atoms with Crippen LogP contribution in [0.4, 0.5) is 0 Å². The second kappa shape index (κ2) is 5.49. The number of aromatic nitrogens is 2. The minimum Gasteiger partial charge on any atom is -0.478 e. The Balaban J connectivity index is 2.37. The molecule has 0 atom stereocenters. The average Bonchev–Trinajstić information content (AvgIpc) is 2.33. The van der Waals surface area contributed by atoms with Crippen molar-refractivity contribution in [3.05, 3.63) is 46.2 Å². The Bertz CT molecular complexity index is 604. The first kappa shape index (κ1) is 13.0. The monoisotopic (exact) mass is 324 g/mol. The highest BCUT2D eigenvalue weighted by molar-refractivity contribution is 9.10. The van der Waals surface area contributed by atoms with Gasteiger partial charge in [-0.3, -0.25) is 0 Å². The summed E-state index contributed by atoms with van der Waals surface area (Å²) >= 11 is 4.59. The number of aryl methyl sites for hydroxylation is 1. The third-order valence-corrected chi connectivity index (χ3v) is 3.76. The molecule has 6 heteroatoms. The number of carboxylic acid groups (broad SMARTS) is 1. The lowest BCUT2D eigenvalue weighted by atomic mass is 10.3. The lowest BCUT2D eigenvalue weighted by Gasteiger charge is -2.06. The Labute approximate surface area is 117 Å². The van der Waals surface area contributed by atoms with Crippen molar-refractivity contribution in [1.29, 1.82) is 0 Å². The minimum absolute atomic E-state index is 0.187. The van der Waals surface area contributed by atoms with E-state index in [0.29, 0.717) is 5.03 Å². The molecular formula is C12H9BrN2O2S. The molecule has 0 aromatic carbocycles. The molecule has 0 aliphatic rings. The first-order valence-corrected chi connectivity index (χ1v) is 6.67. The molecule has 2 heterocycles. The summed E-state index contributed by atoms with van der Waals surface area (Å²) in [7, 11) is 0. The number of aromatic carboxylic acids is 1. The van der Waals surface area contributed by atoms with Crippen LogP contribution in [0.1, 0.15) is 15.9 Å². The summed E-state index contributed by atoms with van der Waals surface area (Å²) in [6, 6.07) is 5.07. The van der Waals surface area contributed by atoms with E-state index in [2.05, 4.69) is 25.9 Å².